The third-order valence-corrected chi connectivity index (χ3v) is 14.4. The van der Waals surface area contributed by atoms with E-state index in [1.54, 1.807) is 6.33 Å². The summed E-state index contributed by atoms with van der Waals surface area (Å²) < 4.78 is 15.1. The number of nitrogens with zero attached hydrogens (tertiary/aromatic N) is 4. The lowest BCUT2D eigenvalue weighted by Gasteiger charge is -2.28. The van der Waals surface area contributed by atoms with Gasteiger partial charge in [-0.25, -0.2) is 15.0 Å². The van der Waals surface area contributed by atoms with Crippen molar-refractivity contribution in [3.05, 3.63) is 167 Å². The lowest BCUT2D eigenvalue weighted by atomic mass is 9.79. The van der Waals surface area contributed by atoms with E-state index >= 15 is 0 Å². The van der Waals surface area contributed by atoms with Crippen LogP contribution in [0.5, 0.6) is 5.75 Å². The molecule has 6 aromatic carbocycles. The van der Waals surface area contributed by atoms with Gasteiger partial charge in [-0.15, -0.1) is 0 Å². The zero-order valence-electron chi connectivity index (χ0n) is 45.6. The lowest BCUT2D eigenvalue weighted by molar-refractivity contribution is 0.0962. The molecule has 73 heavy (non-hydrogen) atoms. The Hall–Kier alpha value is -6.99. The molecule has 8 aromatic rings. The van der Waals surface area contributed by atoms with E-state index in [0.717, 1.165) is 95.8 Å². The van der Waals surface area contributed by atoms with Gasteiger partial charge >= 0.3 is 0 Å². The second-order valence-corrected chi connectivity index (χ2v) is 25.8. The van der Waals surface area contributed by atoms with Crippen LogP contribution in [0.2, 0.25) is 0 Å². The summed E-state index contributed by atoms with van der Waals surface area (Å²) in [5.41, 5.74) is 15.0. The van der Waals surface area contributed by atoms with Crippen molar-refractivity contribution in [3.8, 4) is 56.3 Å². The van der Waals surface area contributed by atoms with Crippen molar-refractivity contribution < 1.29 is 14.6 Å². The summed E-state index contributed by atoms with van der Waals surface area (Å²) in [7, 11) is 0. The number of benzene rings is 6. The van der Waals surface area contributed by atoms with Gasteiger partial charge in [0.2, 0.25) is 0 Å². The van der Waals surface area contributed by atoms with E-state index < -0.39 is 0 Å². The number of rotatable bonds is 7. The molecule has 0 aliphatic carbocycles. The highest BCUT2D eigenvalue weighted by atomic mass is 16.6. The summed E-state index contributed by atoms with van der Waals surface area (Å²) in [6.45, 7) is 33.4. The number of aromatic hydroxyl groups is 1. The molecule has 10 rings (SSSR count). The maximum atomic E-state index is 12.6. The van der Waals surface area contributed by atoms with Crippen molar-refractivity contribution in [1.82, 2.24) is 19.5 Å². The molecule has 0 amide bonds. The van der Waals surface area contributed by atoms with Crippen LogP contribution in [-0.4, -0.2) is 36.8 Å². The molecule has 0 fully saturated rings. The highest BCUT2D eigenvalue weighted by molar-refractivity contribution is 5.99. The van der Waals surface area contributed by atoms with Crippen LogP contribution in [0.25, 0.3) is 78.3 Å². The summed E-state index contributed by atoms with van der Waals surface area (Å²) in [6, 6.07) is 41.5. The van der Waals surface area contributed by atoms with Crippen LogP contribution in [0.1, 0.15) is 138 Å². The molecule has 0 radical (unpaired) electrons. The van der Waals surface area contributed by atoms with Crippen LogP contribution in [0, 0.1) is 5.41 Å². The maximum Gasteiger partial charge on any atom is 0.161 e. The van der Waals surface area contributed by atoms with E-state index in [2.05, 4.69) is 236 Å². The van der Waals surface area contributed by atoms with Crippen LogP contribution in [0.15, 0.2) is 139 Å². The zero-order chi connectivity index (χ0) is 52.2. The van der Waals surface area contributed by atoms with Crippen LogP contribution in [0.4, 0.5) is 0 Å². The quantitative estimate of drug-likeness (QED) is 0.171. The summed E-state index contributed by atoms with van der Waals surface area (Å²) in [6.07, 6.45) is 6.51. The summed E-state index contributed by atoms with van der Waals surface area (Å²) in [5.74, 6) is 2.73. The molecule has 0 bridgehead atoms. The van der Waals surface area contributed by atoms with Gasteiger partial charge in [-0.3, -0.25) is 4.57 Å². The molecule has 0 saturated heterocycles. The van der Waals surface area contributed by atoms with Gasteiger partial charge in [0, 0.05) is 45.7 Å². The number of para-hydroxylation sites is 1. The van der Waals surface area contributed by atoms with Crippen molar-refractivity contribution in [3.63, 3.8) is 0 Å². The fourth-order valence-corrected chi connectivity index (χ4v) is 10.3. The predicted molar refractivity (Wildman–Crippen MR) is 302 cm³/mol. The van der Waals surface area contributed by atoms with Gasteiger partial charge in [-0.05, 0) is 109 Å². The molecular formula is C66H72N4O3. The normalized spacial score (nSPS) is 16.4. The van der Waals surface area contributed by atoms with Gasteiger partial charge in [0.25, 0.3) is 0 Å². The number of phenolic OH excluding ortho intramolecular Hbond substituents is 1. The van der Waals surface area contributed by atoms with E-state index in [1.165, 1.54) is 11.1 Å². The first kappa shape index (κ1) is 49.6. The average molecular weight is 969 g/mol. The minimum atomic E-state index is -0.342. The van der Waals surface area contributed by atoms with Gasteiger partial charge in [0.1, 0.15) is 23.7 Å². The van der Waals surface area contributed by atoms with Gasteiger partial charge < -0.3 is 14.6 Å². The number of allylic oxidation sites excluding steroid dienone is 1. The Morgan fingerprint density at radius 2 is 1.21 bits per heavy atom. The van der Waals surface area contributed by atoms with Gasteiger partial charge in [0.05, 0.1) is 39.3 Å². The molecule has 7 nitrogen and oxygen atoms in total. The zero-order valence-corrected chi connectivity index (χ0v) is 45.6. The molecule has 2 aromatic heterocycles. The van der Waals surface area contributed by atoms with E-state index in [1.807, 2.05) is 0 Å². The number of hydrogen-bond donors (Lipinski definition) is 1. The molecule has 7 heteroatoms. The molecule has 4 heterocycles. The van der Waals surface area contributed by atoms with Crippen LogP contribution >= 0.6 is 0 Å². The first-order chi connectivity index (χ1) is 34.2. The third-order valence-electron chi connectivity index (χ3n) is 14.4. The number of fused-ring (bicyclic) bond motifs is 3. The highest BCUT2D eigenvalue weighted by Gasteiger charge is 2.37. The number of aromatic nitrogens is 4. The van der Waals surface area contributed by atoms with Gasteiger partial charge in [-0.1, -0.05) is 171 Å². The molecular weight excluding hydrogens is 897 g/mol. The number of imidazole rings is 1. The maximum absolute atomic E-state index is 12.6. The SMILES string of the molecule is CC(C)(C)CC1=CC2OC(c3ccc4c(-c5cc(-c6cccc7c6nc(-c6cc(C(C)(C)C)cc(C(C)(C)C)c6O)n7-c6ccc(C(C)(C)C)cc6-c6ccccc6)cc(C(C)(C)C)c5)ncnc4c3)=CC2O1. The fraction of sp³-hybridized carbons (Fsp3) is 0.348. The molecule has 0 spiro atoms. The van der Waals surface area contributed by atoms with Crippen LogP contribution in [0.3, 0.4) is 0 Å². The molecule has 2 aliphatic heterocycles. The second-order valence-electron chi connectivity index (χ2n) is 25.8. The Bertz CT molecular complexity index is 3520. The molecule has 2 unspecified atom stereocenters. The third kappa shape index (κ3) is 9.60. The van der Waals surface area contributed by atoms with Crippen LogP contribution in [-0.2, 0) is 31.1 Å². The topological polar surface area (TPSA) is 82.3 Å². The molecule has 2 aliphatic rings. The van der Waals surface area contributed by atoms with E-state index in [4.69, 9.17) is 24.4 Å². The van der Waals surface area contributed by atoms with Crippen LogP contribution < -0.4 is 0 Å². The fourth-order valence-electron chi connectivity index (χ4n) is 10.3. The van der Waals surface area contributed by atoms with Crippen molar-refractivity contribution in [2.75, 3.05) is 0 Å². The Morgan fingerprint density at radius 1 is 0.534 bits per heavy atom. The summed E-state index contributed by atoms with van der Waals surface area (Å²) in [4.78, 5) is 15.5. The van der Waals surface area contributed by atoms with Crippen molar-refractivity contribution in [1.29, 1.82) is 0 Å². The molecule has 1 N–H and O–H groups in total. The first-order valence-electron chi connectivity index (χ1n) is 26.0. The second kappa shape index (κ2) is 17.6. The summed E-state index contributed by atoms with van der Waals surface area (Å²) >= 11 is 0. The standard InChI is InChI=1S/C66H72N4O3/c1-62(2,3)37-46-35-56-57(72-46)36-55(73-56)40-24-26-48-52(31-40)67-38-68-58(48)42-28-41(29-44(30-42)64(7,8)9)47-22-19-23-54-59(47)69-61(50-33-45(65(10,11)12)34-51(60(50)71)66(13,14)15)70(54)53-27-25-43(63(4,5)6)32-49(53)39-20-17-16-18-21-39/h16-36,38,56-57,71H,37H2,1-15H3. The molecule has 374 valence electrons. The van der Waals surface area contributed by atoms with E-state index in [-0.39, 0.29) is 45.0 Å². The Morgan fingerprint density at radius 3 is 1.88 bits per heavy atom. The Labute approximate surface area is 433 Å². The smallest absolute Gasteiger partial charge is 0.161 e. The lowest BCUT2D eigenvalue weighted by Crippen LogP contribution is -2.17. The molecule has 0 saturated carbocycles. The minimum Gasteiger partial charge on any atom is -0.507 e. The average Bonchev–Trinajstić information content (AvgIpc) is 4.01. The summed E-state index contributed by atoms with van der Waals surface area (Å²) in [5, 5.41) is 13.6. The molecule has 2 atom stereocenters. The first-order valence-corrected chi connectivity index (χ1v) is 26.0. The number of ether oxygens (including phenoxy) is 2. The monoisotopic (exact) mass is 969 g/mol. The van der Waals surface area contributed by atoms with E-state index in [0.29, 0.717) is 11.4 Å². The number of phenols is 1. The van der Waals surface area contributed by atoms with Crippen molar-refractivity contribution in [2.45, 2.75) is 144 Å². The highest BCUT2D eigenvalue weighted by Crippen LogP contribution is 2.47. The van der Waals surface area contributed by atoms with Crippen molar-refractivity contribution >= 4 is 27.7 Å². The largest absolute Gasteiger partial charge is 0.507 e. The Kier molecular flexibility index (Phi) is 12.0. The predicted octanol–water partition coefficient (Wildman–Crippen LogP) is 17.0. The number of hydrogen-bond acceptors (Lipinski definition) is 6. The van der Waals surface area contributed by atoms with Crippen molar-refractivity contribution in [2.24, 2.45) is 5.41 Å². The Balaban J connectivity index is 1.17. The van der Waals surface area contributed by atoms with E-state index in [9.17, 15) is 5.11 Å². The minimum absolute atomic E-state index is 0.0893. The van der Waals surface area contributed by atoms with Gasteiger partial charge in [-0.2, -0.15) is 0 Å². The van der Waals surface area contributed by atoms with Gasteiger partial charge in [0.15, 0.2) is 12.2 Å².